The number of nitriles is 1. The van der Waals surface area contributed by atoms with Crippen LogP contribution < -0.4 is 9.47 Å². The summed E-state index contributed by atoms with van der Waals surface area (Å²) < 4.78 is 11.5. The van der Waals surface area contributed by atoms with Crippen molar-refractivity contribution >= 4 is 17.9 Å². The summed E-state index contributed by atoms with van der Waals surface area (Å²) >= 11 is 0. The smallest absolute Gasteiger partial charge is 0.271 e. The van der Waals surface area contributed by atoms with E-state index in [1.165, 1.54) is 4.90 Å². The number of nitrogens with zero attached hydrogens (tertiary/aromatic N) is 2. The highest BCUT2D eigenvalue weighted by molar-refractivity contribution is 6.19. The summed E-state index contributed by atoms with van der Waals surface area (Å²) in [5, 5.41) is 9.47. The molecule has 0 aromatic heterocycles. The fraction of sp³-hybridized carbons (Fsp3) is 0.458. The van der Waals surface area contributed by atoms with Gasteiger partial charge in [0.25, 0.3) is 11.8 Å². The minimum atomic E-state index is -0.516. The molecule has 160 valence electrons. The van der Waals surface area contributed by atoms with Gasteiger partial charge in [-0.3, -0.25) is 14.5 Å². The highest BCUT2D eigenvalue weighted by Gasteiger charge is 2.34. The fourth-order valence-electron chi connectivity index (χ4n) is 3.07. The number of imide groups is 1. The molecule has 1 heterocycles. The third-order valence-electron chi connectivity index (χ3n) is 4.71. The first kappa shape index (κ1) is 23.2. The molecule has 0 saturated carbocycles. The van der Waals surface area contributed by atoms with Crippen LogP contribution in [0.1, 0.15) is 53.0 Å². The van der Waals surface area contributed by atoms with E-state index in [-0.39, 0.29) is 11.5 Å². The molecule has 0 unspecified atom stereocenters. The zero-order valence-corrected chi connectivity index (χ0v) is 18.4. The number of rotatable bonds is 9. The zero-order chi connectivity index (χ0) is 22.3. The van der Waals surface area contributed by atoms with Gasteiger partial charge in [-0.05, 0) is 55.5 Å². The lowest BCUT2D eigenvalue weighted by atomic mass is 9.93. The molecule has 2 amide bonds. The summed E-state index contributed by atoms with van der Waals surface area (Å²) in [5.41, 5.74) is 1.50. The lowest BCUT2D eigenvalue weighted by Crippen LogP contribution is -2.43. The maximum absolute atomic E-state index is 13.0. The van der Waals surface area contributed by atoms with E-state index in [0.29, 0.717) is 54.7 Å². The van der Waals surface area contributed by atoms with Crippen molar-refractivity contribution in [1.82, 2.24) is 4.90 Å². The van der Waals surface area contributed by atoms with Crippen LogP contribution in [0.15, 0.2) is 34.9 Å². The van der Waals surface area contributed by atoms with Gasteiger partial charge in [0.1, 0.15) is 11.6 Å². The number of carbonyl (C=O) groups excluding carboxylic acids is 2. The maximum atomic E-state index is 13.0. The molecule has 0 aliphatic carbocycles. The van der Waals surface area contributed by atoms with Crippen LogP contribution in [-0.2, 0) is 9.59 Å². The molecular formula is C24H30N2O4. The molecular weight excluding hydrogens is 380 g/mol. The van der Waals surface area contributed by atoms with Gasteiger partial charge in [0.2, 0.25) is 0 Å². The van der Waals surface area contributed by atoms with E-state index in [1.807, 2.05) is 38.1 Å². The quantitative estimate of drug-likeness (QED) is 0.442. The first-order chi connectivity index (χ1) is 14.3. The standard InChI is InChI=1S/C24H30N2O4/c1-6-8-11-26-23(27)19(17(5)20(14-25)24(26)28)12-18-9-10-21(30-15-16(3)4)22(13-18)29-7-2/h9-10,12-13,16H,6-8,11,15H2,1-5H3/b19-12+. The predicted octanol–water partition coefficient (Wildman–Crippen LogP) is 4.51. The van der Waals surface area contributed by atoms with Gasteiger partial charge in [-0.25, -0.2) is 0 Å². The van der Waals surface area contributed by atoms with Crippen molar-refractivity contribution in [3.05, 3.63) is 40.5 Å². The molecule has 1 aliphatic rings. The van der Waals surface area contributed by atoms with E-state index in [4.69, 9.17) is 9.47 Å². The van der Waals surface area contributed by atoms with Gasteiger partial charge in [0.05, 0.1) is 13.2 Å². The molecule has 6 nitrogen and oxygen atoms in total. The third-order valence-corrected chi connectivity index (χ3v) is 4.71. The van der Waals surface area contributed by atoms with Crippen molar-refractivity contribution in [3.63, 3.8) is 0 Å². The molecule has 0 spiro atoms. The summed E-state index contributed by atoms with van der Waals surface area (Å²) in [5.74, 6) is 0.732. The Hall–Kier alpha value is -3.07. The molecule has 0 fully saturated rings. The van der Waals surface area contributed by atoms with Crippen LogP contribution in [0.5, 0.6) is 11.5 Å². The molecule has 1 aromatic rings. The molecule has 0 saturated heterocycles. The average molecular weight is 411 g/mol. The predicted molar refractivity (Wildman–Crippen MR) is 116 cm³/mol. The first-order valence-corrected chi connectivity index (χ1v) is 10.4. The molecule has 0 radical (unpaired) electrons. The highest BCUT2D eigenvalue weighted by Crippen LogP contribution is 2.32. The second-order valence-electron chi connectivity index (χ2n) is 7.63. The summed E-state index contributed by atoms with van der Waals surface area (Å²) in [6.45, 7) is 11.0. The Bertz CT molecular complexity index is 906. The number of hydrogen-bond acceptors (Lipinski definition) is 5. The lowest BCUT2D eigenvalue weighted by Gasteiger charge is -2.27. The summed E-state index contributed by atoms with van der Waals surface area (Å²) in [7, 11) is 0. The molecule has 0 N–H and O–H groups in total. The van der Waals surface area contributed by atoms with Gasteiger partial charge in [-0.2, -0.15) is 5.26 Å². The normalized spacial score (nSPS) is 15.8. The van der Waals surface area contributed by atoms with Crippen LogP contribution in [0, 0.1) is 17.2 Å². The minimum absolute atomic E-state index is 0.0128. The summed E-state index contributed by atoms with van der Waals surface area (Å²) in [6, 6.07) is 7.43. The van der Waals surface area contributed by atoms with E-state index in [2.05, 4.69) is 13.8 Å². The van der Waals surface area contributed by atoms with Crippen molar-refractivity contribution in [2.75, 3.05) is 19.8 Å². The van der Waals surface area contributed by atoms with Crippen LogP contribution >= 0.6 is 0 Å². The van der Waals surface area contributed by atoms with Crippen molar-refractivity contribution in [2.45, 2.75) is 47.5 Å². The van der Waals surface area contributed by atoms with Crippen molar-refractivity contribution in [1.29, 1.82) is 5.26 Å². The Balaban J connectivity index is 2.47. The molecule has 2 rings (SSSR count). The number of hydrogen-bond donors (Lipinski definition) is 0. The van der Waals surface area contributed by atoms with Gasteiger partial charge >= 0.3 is 0 Å². The molecule has 0 bridgehead atoms. The van der Waals surface area contributed by atoms with E-state index < -0.39 is 5.91 Å². The SMILES string of the molecule is CCCCN1C(=O)C(C#N)=C(C)/C(=C\c2ccc(OCC(C)C)c(OCC)c2)C1=O. The molecule has 30 heavy (non-hydrogen) atoms. The van der Waals surface area contributed by atoms with E-state index in [0.717, 1.165) is 12.0 Å². The number of carbonyl (C=O) groups is 2. The number of amides is 2. The van der Waals surface area contributed by atoms with E-state index in [1.54, 1.807) is 13.0 Å². The van der Waals surface area contributed by atoms with E-state index in [9.17, 15) is 14.9 Å². The van der Waals surface area contributed by atoms with E-state index >= 15 is 0 Å². The highest BCUT2D eigenvalue weighted by atomic mass is 16.5. The zero-order valence-electron chi connectivity index (χ0n) is 18.4. The van der Waals surface area contributed by atoms with Gasteiger partial charge in [-0.15, -0.1) is 0 Å². The van der Waals surface area contributed by atoms with Gasteiger partial charge in [-0.1, -0.05) is 33.3 Å². The Morgan fingerprint density at radius 1 is 1.13 bits per heavy atom. The Labute approximate surface area is 178 Å². The van der Waals surface area contributed by atoms with Gasteiger partial charge < -0.3 is 9.47 Å². The number of ether oxygens (including phenoxy) is 2. The molecule has 6 heteroatoms. The van der Waals surface area contributed by atoms with Gasteiger partial charge in [0.15, 0.2) is 11.5 Å². The van der Waals surface area contributed by atoms with Crippen molar-refractivity contribution in [3.8, 4) is 17.6 Å². The fourth-order valence-corrected chi connectivity index (χ4v) is 3.07. The van der Waals surface area contributed by atoms with Crippen LogP contribution in [-0.4, -0.2) is 36.5 Å². The third kappa shape index (κ3) is 5.29. The van der Waals surface area contributed by atoms with Gasteiger partial charge in [0, 0.05) is 12.1 Å². The maximum Gasteiger partial charge on any atom is 0.271 e. The lowest BCUT2D eigenvalue weighted by molar-refractivity contribution is -0.140. The van der Waals surface area contributed by atoms with Crippen LogP contribution in [0.25, 0.3) is 6.08 Å². The topological polar surface area (TPSA) is 79.6 Å². The summed E-state index contributed by atoms with van der Waals surface area (Å²) in [6.07, 6.45) is 3.24. The average Bonchev–Trinajstić information content (AvgIpc) is 2.71. The monoisotopic (exact) mass is 410 g/mol. The van der Waals surface area contributed by atoms with Crippen molar-refractivity contribution < 1.29 is 19.1 Å². The van der Waals surface area contributed by atoms with Crippen molar-refractivity contribution in [2.24, 2.45) is 5.92 Å². The molecule has 1 aliphatic heterocycles. The summed E-state index contributed by atoms with van der Waals surface area (Å²) in [4.78, 5) is 26.7. The Morgan fingerprint density at radius 3 is 2.47 bits per heavy atom. The van der Waals surface area contributed by atoms with Crippen LogP contribution in [0.4, 0.5) is 0 Å². The number of benzene rings is 1. The van der Waals surface area contributed by atoms with Crippen LogP contribution in [0.3, 0.4) is 0 Å². The largest absolute Gasteiger partial charge is 0.490 e. The van der Waals surface area contributed by atoms with Crippen LogP contribution in [0.2, 0.25) is 0 Å². The first-order valence-electron chi connectivity index (χ1n) is 10.4. The Morgan fingerprint density at radius 2 is 1.87 bits per heavy atom. The Kier molecular flexibility index (Phi) is 8.23. The second-order valence-corrected chi connectivity index (χ2v) is 7.63. The molecule has 0 atom stereocenters. The molecule has 1 aromatic carbocycles. The minimum Gasteiger partial charge on any atom is -0.490 e. The number of unbranched alkanes of at least 4 members (excludes halogenated alkanes) is 1. The second kappa shape index (κ2) is 10.6.